The lowest BCUT2D eigenvalue weighted by Gasteiger charge is -2.16. The largest absolute Gasteiger partial charge is 0.605 e. The predicted molar refractivity (Wildman–Crippen MR) is 143 cm³/mol. The summed E-state index contributed by atoms with van der Waals surface area (Å²) in [5, 5.41) is 11.8. The lowest BCUT2D eigenvalue weighted by Crippen LogP contribution is -2.10. The van der Waals surface area contributed by atoms with E-state index in [0.717, 1.165) is 17.7 Å². The van der Waals surface area contributed by atoms with Crippen molar-refractivity contribution in [3.05, 3.63) is 114 Å². The molecule has 0 aliphatic rings. The molecule has 2 heterocycles. The summed E-state index contributed by atoms with van der Waals surface area (Å²) in [6.07, 6.45) is -2.98. The molecule has 5 aromatic rings. The molecule has 0 aliphatic heterocycles. The molecule has 0 spiro atoms. The summed E-state index contributed by atoms with van der Waals surface area (Å²) < 4.78 is 53.7. The van der Waals surface area contributed by atoms with Crippen molar-refractivity contribution in [3.63, 3.8) is 0 Å². The summed E-state index contributed by atoms with van der Waals surface area (Å²) in [6, 6.07) is 26.4. The first-order valence-corrected chi connectivity index (χ1v) is 13.1. The van der Waals surface area contributed by atoms with E-state index in [9.17, 15) is 17.7 Å². The fourth-order valence-corrected chi connectivity index (χ4v) is 4.96. The number of aromatic nitrogens is 4. The van der Waals surface area contributed by atoms with Crippen LogP contribution in [0.15, 0.2) is 113 Å². The second-order valence-corrected chi connectivity index (χ2v) is 10.1. The number of rotatable bonds is 7. The molecule has 6 nitrogen and oxygen atoms in total. The molecule has 39 heavy (non-hydrogen) atoms. The van der Waals surface area contributed by atoms with Gasteiger partial charge in [0.05, 0.1) is 17.3 Å². The van der Waals surface area contributed by atoms with Gasteiger partial charge in [-0.05, 0) is 42.8 Å². The van der Waals surface area contributed by atoms with Gasteiger partial charge in [0.1, 0.15) is 5.69 Å². The van der Waals surface area contributed by atoms with Gasteiger partial charge < -0.3 is 9.87 Å². The average Bonchev–Trinajstić information content (AvgIpc) is 2.97. The van der Waals surface area contributed by atoms with Gasteiger partial charge in [0.25, 0.3) is 5.03 Å². The Balaban J connectivity index is 1.59. The number of nitrogens with zero attached hydrogens (tertiary/aromatic N) is 4. The Kier molecular flexibility index (Phi) is 7.58. The van der Waals surface area contributed by atoms with Gasteiger partial charge in [-0.1, -0.05) is 65.8 Å². The van der Waals surface area contributed by atoms with Gasteiger partial charge in [0, 0.05) is 34.6 Å². The smallest absolute Gasteiger partial charge is 0.416 e. The highest BCUT2D eigenvalue weighted by molar-refractivity contribution is 7.91. The summed E-state index contributed by atoms with van der Waals surface area (Å²) >= 11 is -1.67. The lowest BCUT2D eigenvalue weighted by molar-refractivity contribution is -0.137. The van der Waals surface area contributed by atoms with Gasteiger partial charge in [0.2, 0.25) is 5.95 Å². The van der Waals surface area contributed by atoms with E-state index in [1.54, 1.807) is 48.7 Å². The van der Waals surface area contributed by atoms with Crippen LogP contribution in [0.5, 0.6) is 0 Å². The maximum Gasteiger partial charge on any atom is 0.416 e. The number of benzene rings is 3. The van der Waals surface area contributed by atoms with Crippen LogP contribution in [0.4, 0.5) is 19.1 Å². The Morgan fingerprint density at radius 1 is 0.846 bits per heavy atom. The highest BCUT2D eigenvalue weighted by Crippen LogP contribution is 2.36. The number of halogens is 3. The summed E-state index contributed by atoms with van der Waals surface area (Å²) in [6.45, 7) is 1.97. The SMILES string of the molecule is CC(Nc1nccc(-c2cc([S@@+]([O-])c3ccccc3)nnc2-c2cccc(C(F)(F)F)c2)n1)c1ccccc1. The second kappa shape index (κ2) is 11.2. The maximum atomic E-state index is 13.5. The first kappa shape index (κ1) is 26.3. The molecule has 2 aromatic heterocycles. The van der Waals surface area contributed by atoms with E-state index in [-0.39, 0.29) is 22.3 Å². The van der Waals surface area contributed by atoms with E-state index in [2.05, 4.69) is 25.5 Å². The van der Waals surface area contributed by atoms with Crippen molar-refractivity contribution in [2.45, 2.75) is 29.1 Å². The van der Waals surface area contributed by atoms with Crippen LogP contribution in [0.2, 0.25) is 0 Å². The van der Waals surface area contributed by atoms with Crippen molar-refractivity contribution in [1.29, 1.82) is 0 Å². The number of hydrogen-bond acceptors (Lipinski definition) is 6. The van der Waals surface area contributed by atoms with Gasteiger partial charge in [0.15, 0.2) is 4.90 Å². The monoisotopic (exact) mass is 545 g/mol. The molecule has 0 fully saturated rings. The van der Waals surface area contributed by atoms with Crippen LogP contribution in [0.3, 0.4) is 0 Å². The van der Waals surface area contributed by atoms with Gasteiger partial charge >= 0.3 is 6.18 Å². The van der Waals surface area contributed by atoms with Crippen LogP contribution in [-0.4, -0.2) is 24.7 Å². The molecule has 1 unspecified atom stereocenters. The van der Waals surface area contributed by atoms with E-state index < -0.39 is 22.9 Å². The van der Waals surface area contributed by atoms with Crippen molar-refractivity contribution in [1.82, 2.24) is 20.2 Å². The summed E-state index contributed by atoms with van der Waals surface area (Å²) in [7, 11) is 0. The molecular formula is C29H22F3N5OS. The Bertz CT molecular complexity index is 1570. The number of alkyl halides is 3. The van der Waals surface area contributed by atoms with Crippen molar-refractivity contribution < 1.29 is 17.7 Å². The van der Waals surface area contributed by atoms with Crippen LogP contribution in [0.25, 0.3) is 22.5 Å². The number of anilines is 1. The molecule has 3 aromatic carbocycles. The predicted octanol–water partition coefficient (Wildman–Crippen LogP) is 6.96. The van der Waals surface area contributed by atoms with Gasteiger partial charge in [-0.3, -0.25) is 0 Å². The van der Waals surface area contributed by atoms with E-state index in [1.807, 2.05) is 37.3 Å². The third-order valence-corrected chi connectivity index (χ3v) is 7.24. The molecule has 196 valence electrons. The Morgan fingerprint density at radius 3 is 2.28 bits per heavy atom. The second-order valence-electron chi connectivity index (χ2n) is 8.65. The van der Waals surface area contributed by atoms with Crippen LogP contribution in [0.1, 0.15) is 24.1 Å². The molecule has 10 heteroatoms. The summed E-state index contributed by atoms with van der Waals surface area (Å²) in [5.74, 6) is 0.321. The maximum absolute atomic E-state index is 13.5. The average molecular weight is 546 g/mol. The lowest BCUT2D eigenvalue weighted by atomic mass is 10.0. The van der Waals surface area contributed by atoms with Crippen LogP contribution >= 0.6 is 0 Å². The Morgan fingerprint density at radius 2 is 1.56 bits per heavy atom. The minimum atomic E-state index is -4.53. The Hall–Kier alpha value is -4.28. The summed E-state index contributed by atoms with van der Waals surface area (Å²) in [4.78, 5) is 9.46. The molecule has 0 radical (unpaired) electrons. The van der Waals surface area contributed by atoms with Crippen molar-refractivity contribution in [2.24, 2.45) is 0 Å². The first-order valence-electron chi connectivity index (χ1n) is 12.0. The van der Waals surface area contributed by atoms with Gasteiger partial charge in [-0.25, -0.2) is 9.97 Å². The molecule has 0 bridgehead atoms. The van der Waals surface area contributed by atoms with E-state index in [4.69, 9.17) is 0 Å². The topological polar surface area (TPSA) is 86.7 Å². The first-order chi connectivity index (χ1) is 18.8. The normalized spacial score (nSPS) is 13.1. The Labute approximate surface area is 226 Å². The number of hydrogen-bond donors (Lipinski definition) is 1. The molecule has 0 saturated heterocycles. The van der Waals surface area contributed by atoms with Crippen molar-refractivity contribution in [3.8, 4) is 22.5 Å². The zero-order valence-electron chi connectivity index (χ0n) is 20.6. The quantitative estimate of drug-likeness (QED) is 0.223. The van der Waals surface area contributed by atoms with Crippen molar-refractivity contribution >= 4 is 17.1 Å². The minimum absolute atomic E-state index is 0.110. The van der Waals surface area contributed by atoms with Crippen LogP contribution < -0.4 is 5.32 Å². The van der Waals surface area contributed by atoms with E-state index in [0.29, 0.717) is 22.1 Å². The molecule has 0 amide bonds. The molecule has 5 rings (SSSR count). The molecule has 0 saturated carbocycles. The molecule has 1 N–H and O–H groups in total. The highest BCUT2D eigenvalue weighted by atomic mass is 32.2. The van der Waals surface area contributed by atoms with E-state index in [1.165, 1.54) is 12.1 Å². The third-order valence-electron chi connectivity index (χ3n) is 5.96. The van der Waals surface area contributed by atoms with Gasteiger partial charge in [-0.15, -0.1) is 5.10 Å². The molecular weight excluding hydrogens is 523 g/mol. The fourth-order valence-electron chi connectivity index (χ4n) is 3.98. The summed E-state index contributed by atoms with van der Waals surface area (Å²) in [5.41, 5.74) is 1.36. The van der Waals surface area contributed by atoms with Crippen molar-refractivity contribution in [2.75, 3.05) is 5.32 Å². The van der Waals surface area contributed by atoms with Crippen LogP contribution in [-0.2, 0) is 17.4 Å². The fraction of sp³-hybridized carbons (Fsp3) is 0.103. The zero-order chi connectivity index (χ0) is 27.4. The zero-order valence-corrected chi connectivity index (χ0v) is 21.4. The van der Waals surface area contributed by atoms with E-state index >= 15 is 0 Å². The highest BCUT2D eigenvalue weighted by Gasteiger charge is 2.31. The van der Waals surface area contributed by atoms with Crippen LogP contribution in [0, 0.1) is 0 Å². The standard InChI is InChI=1S/C29H22F3N5OS/c1-19(20-9-4-2-5-10-20)34-28-33-16-15-25(35-28)24-18-26(39(38)23-13-6-3-7-14-23)36-37-27(24)21-11-8-12-22(17-21)29(30,31)32/h2-19H,1H3,(H,33,34,35)/t19?,39-/m0/s1. The third kappa shape index (κ3) is 6.08. The van der Waals surface area contributed by atoms with Gasteiger partial charge in [-0.2, -0.15) is 13.2 Å². The number of nitrogens with one attached hydrogen (secondary N) is 1. The minimum Gasteiger partial charge on any atom is -0.605 e. The molecule has 0 aliphatic carbocycles. The molecule has 2 atom stereocenters.